The number of para-hydroxylation sites is 2. The minimum absolute atomic E-state index is 0.142. The Morgan fingerprint density at radius 2 is 1.81 bits per heavy atom. The van der Waals surface area contributed by atoms with E-state index in [1.807, 2.05) is 49.4 Å². The number of nitrogens with one attached hydrogen (secondary N) is 1. The zero-order valence-electron chi connectivity index (χ0n) is 15.3. The van der Waals surface area contributed by atoms with Gasteiger partial charge in [0.2, 0.25) is 5.91 Å². The first-order chi connectivity index (χ1) is 13.1. The number of nitrogens with zero attached hydrogens (tertiary/aromatic N) is 2. The Kier molecular flexibility index (Phi) is 5.66. The van der Waals surface area contributed by atoms with Gasteiger partial charge in [-0.1, -0.05) is 42.5 Å². The monoisotopic (exact) mass is 363 g/mol. The minimum atomic E-state index is -0.327. The van der Waals surface area contributed by atoms with E-state index in [9.17, 15) is 9.59 Å². The van der Waals surface area contributed by atoms with Gasteiger partial charge in [0.15, 0.2) is 0 Å². The van der Waals surface area contributed by atoms with Crippen LogP contribution in [0, 0.1) is 6.92 Å². The fourth-order valence-electron chi connectivity index (χ4n) is 2.77. The summed E-state index contributed by atoms with van der Waals surface area (Å²) in [5, 5.41) is 2.81. The molecule has 0 bridgehead atoms. The highest BCUT2D eigenvalue weighted by Gasteiger charge is 2.14. The normalized spacial score (nSPS) is 10.4. The number of benzene rings is 2. The topological polar surface area (TPSA) is 73.2 Å². The fourth-order valence-corrected chi connectivity index (χ4v) is 2.77. The number of carbonyl (C=O) groups is 1. The van der Waals surface area contributed by atoms with E-state index in [-0.39, 0.29) is 18.0 Å². The first-order valence-corrected chi connectivity index (χ1v) is 8.74. The number of aromatic nitrogens is 2. The van der Waals surface area contributed by atoms with Crippen molar-refractivity contribution in [3.05, 3.63) is 76.7 Å². The Morgan fingerprint density at radius 1 is 1.11 bits per heavy atom. The largest absolute Gasteiger partial charge is 0.492 e. The Morgan fingerprint density at radius 3 is 2.56 bits per heavy atom. The summed E-state index contributed by atoms with van der Waals surface area (Å²) in [6, 6.07) is 18.0. The SMILES string of the molecule is CCOc1ccccc1NC(=O)Cn1c(-c2ccccc2)nc(C)cc1=O. The molecule has 0 atom stereocenters. The number of rotatable bonds is 6. The number of hydrogen-bond acceptors (Lipinski definition) is 4. The van der Waals surface area contributed by atoms with Crippen LogP contribution in [0.25, 0.3) is 11.4 Å². The predicted molar refractivity (Wildman–Crippen MR) is 105 cm³/mol. The molecule has 27 heavy (non-hydrogen) atoms. The summed E-state index contributed by atoms with van der Waals surface area (Å²) < 4.78 is 6.90. The van der Waals surface area contributed by atoms with E-state index in [4.69, 9.17) is 4.74 Å². The molecule has 3 aromatic rings. The second-order valence-electron chi connectivity index (χ2n) is 5.99. The Balaban J connectivity index is 1.90. The molecule has 2 aromatic carbocycles. The van der Waals surface area contributed by atoms with Crippen molar-refractivity contribution < 1.29 is 9.53 Å². The summed E-state index contributed by atoms with van der Waals surface area (Å²) in [5.41, 5.74) is 1.69. The third kappa shape index (κ3) is 4.41. The standard InChI is InChI=1S/C21H21N3O3/c1-3-27-18-12-8-7-11-17(18)23-19(25)14-24-20(26)13-15(2)22-21(24)16-9-5-4-6-10-16/h4-13H,3,14H2,1-2H3,(H,23,25). The van der Waals surface area contributed by atoms with Gasteiger partial charge < -0.3 is 10.1 Å². The molecule has 0 fully saturated rings. The zero-order valence-corrected chi connectivity index (χ0v) is 15.3. The molecule has 0 aliphatic rings. The lowest BCUT2D eigenvalue weighted by atomic mass is 10.2. The van der Waals surface area contributed by atoms with Crippen molar-refractivity contribution in [3.63, 3.8) is 0 Å². The summed E-state index contributed by atoms with van der Waals surface area (Å²) >= 11 is 0. The molecule has 0 saturated carbocycles. The number of amides is 1. The van der Waals surface area contributed by atoms with Crippen molar-refractivity contribution in [1.82, 2.24) is 9.55 Å². The molecule has 0 unspecified atom stereocenters. The van der Waals surface area contributed by atoms with Crippen LogP contribution in [0.2, 0.25) is 0 Å². The van der Waals surface area contributed by atoms with E-state index < -0.39 is 0 Å². The van der Waals surface area contributed by atoms with Crippen LogP contribution in [-0.4, -0.2) is 22.1 Å². The van der Waals surface area contributed by atoms with Crippen LogP contribution in [0.4, 0.5) is 5.69 Å². The smallest absolute Gasteiger partial charge is 0.254 e. The van der Waals surface area contributed by atoms with E-state index >= 15 is 0 Å². The Bertz CT molecular complexity index is 997. The third-order valence-corrected chi connectivity index (χ3v) is 3.93. The molecule has 1 amide bonds. The lowest BCUT2D eigenvalue weighted by Crippen LogP contribution is -2.29. The average molecular weight is 363 g/mol. The second-order valence-corrected chi connectivity index (χ2v) is 5.99. The molecular weight excluding hydrogens is 342 g/mol. The van der Waals surface area contributed by atoms with Crippen LogP contribution < -0.4 is 15.6 Å². The van der Waals surface area contributed by atoms with Crippen molar-refractivity contribution in [2.45, 2.75) is 20.4 Å². The van der Waals surface area contributed by atoms with Gasteiger partial charge in [-0.15, -0.1) is 0 Å². The van der Waals surface area contributed by atoms with Gasteiger partial charge in [0.05, 0.1) is 12.3 Å². The van der Waals surface area contributed by atoms with E-state index in [2.05, 4.69) is 10.3 Å². The molecule has 0 saturated heterocycles. The highest BCUT2D eigenvalue weighted by Crippen LogP contribution is 2.23. The first-order valence-electron chi connectivity index (χ1n) is 8.74. The van der Waals surface area contributed by atoms with Gasteiger partial charge in [0.1, 0.15) is 18.1 Å². The summed E-state index contributed by atoms with van der Waals surface area (Å²) in [6.07, 6.45) is 0. The van der Waals surface area contributed by atoms with E-state index in [0.717, 1.165) is 5.56 Å². The minimum Gasteiger partial charge on any atom is -0.492 e. The molecule has 6 nitrogen and oxygen atoms in total. The summed E-state index contributed by atoms with van der Waals surface area (Å²) in [7, 11) is 0. The average Bonchev–Trinajstić information content (AvgIpc) is 2.66. The van der Waals surface area contributed by atoms with Crippen molar-refractivity contribution >= 4 is 11.6 Å². The zero-order chi connectivity index (χ0) is 19.2. The fraction of sp³-hybridized carbons (Fsp3) is 0.190. The van der Waals surface area contributed by atoms with E-state index in [1.54, 1.807) is 19.1 Å². The molecule has 0 spiro atoms. The van der Waals surface area contributed by atoms with E-state index in [0.29, 0.717) is 29.6 Å². The molecule has 1 aromatic heterocycles. The van der Waals surface area contributed by atoms with Crippen LogP contribution in [0.1, 0.15) is 12.6 Å². The van der Waals surface area contributed by atoms with E-state index in [1.165, 1.54) is 10.6 Å². The number of hydrogen-bond donors (Lipinski definition) is 1. The molecule has 1 N–H and O–H groups in total. The molecule has 138 valence electrons. The third-order valence-electron chi connectivity index (χ3n) is 3.93. The number of aryl methyl sites for hydroxylation is 1. The molecule has 0 radical (unpaired) electrons. The van der Waals surface area contributed by atoms with Gasteiger partial charge >= 0.3 is 0 Å². The Labute approximate surface area is 157 Å². The number of carbonyl (C=O) groups excluding carboxylic acids is 1. The lowest BCUT2D eigenvalue weighted by molar-refractivity contribution is -0.116. The highest BCUT2D eigenvalue weighted by atomic mass is 16.5. The van der Waals surface area contributed by atoms with Gasteiger partial charge in [-0.05, 0) is 26.0 Å². The predicted octanol–water partition coefficient (Wildman–Crippen LogP) is 3.26. The van der Waals surface area contributed by atoms with Crippen molar-refractivity contribution in [3.8, 4) is 17.1 Å². The molecule has 3 rings (SSSR count). The highest BCUT2D eigenvalue weighted by molar-refractivity contribution is 5.92. The van der Waals surface area contributed by atoms with Gasteiger partial charge in [0, 0.05) is 17.3 Å². The quantitative estimate of drug-likeness (QED) is 0.730. The molecule has 0 aliphatic heterocycles. The molecule has 0 aliphatic carbocycles. The summed E-state index contributed by atoms with van der Waals surface area (Å²) in [4.78, 5) is 29.6. The summed E-state index contributed by atoms with van der Waals surface area (Å²) in [6.45, 7) is 3.99. The van der Waals surface area contributed by atoms with Gasteiger partial charge in [0.25, 0.3) is 5.56 Å². The number of ether oxygens (including phenoxy) is 1. The van der Waals surface area contributed by atoms with Gasteiger partial charge in [-0.3, -0.25) is 14.2 Å². The van der Waals surface area contributed by atoms with Crippen LogP contribution in [0.3, 0.4) is 0 Å². The summed E-state index contributed by atoms with van der Waals surface area (Å²) in [5.74, 6) is 0.729. The van der Waals surface area contributed by atoms with Crippen molar-refractivity contribution in [2.75, 3.05) is 11.9 Å². The van der Waals surface area contributed by atoms with Crippen molar-refractivity contribution in [2.24, 2.45) is 0 Å². The molecule has 1 heterocycles. The maximum Gasteiger partial charge on any atom is 0.254 e. The maximum absolute atomic E-state index is 12.6. The van der Waals surface area contributed by atoms with Crippen LogP contribution in [0.5, 0.6) is 5.75 Å². The lowest BCUT2D eigenvalue weighted by Gasteiger charge is -2.14. The van der Waals surface area contributed by atoms with Gasteiger partial charge in [-0.25, -0.2) is 4.98 Å². The number of anilines is 1. The van der Waals surface area contributed by atoms with Crippen LogP contribution >= 0.6 is 0 Å². The first kappa shape index (κ1) is 18.4. The van der Waals surface area contributed by atoms with Crippen LogP contribution in [-0.2, 0) is 11.3 Å². The van der Waals surface area contributed by atoms with Crippen LogP contribution in [0.15, 0.2) is 65.5 Å². The molecule has 6 heteroatoms. The van der Waals surface area contributed by atoms with Crippen molar-refractivity contribution in [1.29, 1.82) is 0 Å². The second kappa shape index (κ2) is 8.31. The Hall–Kier alpha value is -3.41. The van der Waals surface area contributed by atoms with Gasteiger partial charge in [-0.2, -0.15) is 0 Å². The molecular formula is C21H21N3O3. The maximum atomic E-state index is 12.6.